The van der Waals surface area contributed by atoms with Crippen molar-refractivity contribution < 1.29 is 9.15 Å². The van der Waals surface area contributed by atoms with Crippen molar-refractivity contribution in [1.82, 2.24) is 4.40 Å². The molecule has 0 spiro atoms. The van der Waals surface area contributed by atoms with Crippen molar-refractivity contribution in [3.63, 3.8) is 0 Å². The summed E-state index contributed by atoms with van der Waals surface area (Å²) in [6.07, 6.45) is 8.43. The predicted molar refractivity (Wildman–Crippen MR) is 316 cm³/mol. The lowest BCUT2D eigenvalue weighted by molar-refractivity contribution is 0.333. The van der Waals surface area contributed by atoms with Crippen LogP contribution in [0.4, 0.5) is 0 Å². The Morgan fingerprint density at radius 1 is 0.500 bits per heavy atom. The first-order valence-electron chi connectivity index (χ1n) is 25.2. The van der Waals surface area contributed by atoms with E-state index in [9.17, 15) is 0 Å². The predicted octanol–water partition coefficient (Wildman–Crippen LogP) is 21.3. The van der Waals surface area contributed by atoms with Gasteiger partial charge in [-0.05, 0) is 167 Å². The Kier molecular flexibility index (Phi) is 15.7. The van der Waals surface area contributed by atoms with E-state index < -0.39 is 0 Å². The molecule has 0 radical (unpaired) electrons. The quantitative estimate of drug-likeness (QED) is 0.0904. The number of hydrogen-bond acceptors (Lipinski definition) is 2. The first-order chi connectivity index (χ1) is 35.2. The topological polar surface area (TPSA) is 26.8 Å². The minimum Gasteiger partial charge on any atom is -0.458 e. The highest BCUT2D eigenvalue weighted by molar-refractivity contribution is 6.27. The van der Waals surface area contributed by atoms with Gasteiger partial charge in [-0.3, -0.25) is 0 Å². The van der Waals surface area contributed by atoms with Crippen molar-refractivity contribution in [3.8, 4) is 33.4 Å². The van der Waals surface area contributed by atoms with Crippen LogP contribution in [0.1, 0.15) is 61.8 Å². The third kappa shape index (κ3) is 9.97. The van der Waals surface area contributed by atoms with Crippen molar-refractivity contribution >= 4 is 81.6 Å². The number of hydrogen-bond donors (Lipinski definition) is 0. The molecule has 0 fully saturated rings. The van der Waals surface area contributed by atoms with Gasteiger partial charge in [-0.25, -0.2) is 0 Å². The molecule has 0 aliphatic rings. The summed E-state index contributed by atoms with van der Waals surface area (Å²) in [6, 6.07) is 64.5. The smallest absolute Gasteiger partial charge is 0.135 e. The molecule has 0 amide bonds. The Hall–Kier alpha value is -8.40. The van der Waals surface area contributed by atoms with Crippen LogP contribution in [0.2, 0.25) is 0 Å². The molecule has 9 aromatic carbocycles. The van der Waals surface area contributed by atoms with Gasteiger partial charge in [-0.15, -0.1) is 6.58 Å². The molecule has 3 heterocycles. The summed E-state index contributed by atoms with van der Waals surface area (Å²) in [5, 5.41) is 12.4. The van der Waals surface area contributed by atoms with Gasteiger partial charge in [0.2, 0.25) is 0 Å². The highest BCUT2D eigenvalue weighted by atomic mass is 16.5. The van der Waals surface area contributed by atoms with Gasteiger partial charge < -0.3 is 13.6 Å². The SMILES string of the molecule is C=CC.C=CC(=C)OC(/C=C\C)=C(C)C.CC.CCC.c1ccc(-c2ccc3cc4c5cc(-c6ccc7oc8ccccc8c7c6)cc6c7cc8ccc(-c9ccccc9)cc8cc7n(c4cc3c2)c56)cc1. The summed E-state index contributed by atoms with van der Waals surface area (Å²) in [5.74, 6) is 1.41. The number of para-hydroxylation sites is 1. The van der Waals surface area contributed by atoms with E-state index >= 15 is 0 Å². The molecule has 358 valence electrons. The highest BCUT2D eigenvalue weighted by Crippen LogP contribution is 2.45. The molecule has 0 saturated heterocycles. The number of benzene rings is 9. The van der Waals surface area contributed by atoms with Gasteiger partial charge >= 0.3 is 0 Å². The summed E-state index contributed by atoms with van der Waals surface area (Å²) in [5.41, 5.74) is 14.0. The van der Waals surface area contributed by atoms with Crippen LogP contribution in [0, 0.1) is 0 Å². The molecule has 0 bridgehead atoms. The number of fused-ring (bicyclic) bond motifs is 11. The fraction of sp³-hybridized carbons (Fsp3) is 0.130. The first kappa shape index (κ1) is 50.0. The lowest BCUT2D eigenvalue weighted by atomic mass is 9.96. The van der Waals surface area contributed by atoms with Gasteiger partial charge in [0.05, 0.1) is 16.6 Å². The average molecular weight is 940 g/mol. The molecule has 0 aliphatic carbocycles. The molecular weight excluding hydrogens is 875 g/mol. The maximum absolute atomic E-state index is 6.21. The summed E-state index contributed by atoms with van der Waals surface area (Å²) >= 11 is 0. The number of aromatic nitrogens is 1. The normalized spacial score (nSPS) is 10.9. The molecule has 72 heavy (non-hydrogen) atoms. The summed E-state index contributed by atoms with van der Waals surface area (Å²) in [4.78, 5) is 0. The van der Waals surface area contributed by atoms with Crippen LogP contribution in [0.25, 0.3) is 115 Å². The third-order valence-electron chi connectivity index (χ3n) is 12.5. The lowest BCUT2D eigenvalue weighted by Crippen LogP contribution is -1.89. The van der Waals surface area contributed by atoms with Crippen LogP contribution < -0.4 is 0 Å². The molecule has 12 rings (SSSR count). The van der Waals surface area contributed by atoms with Gasteiger partial charge in [0, 0.05) is 32.3 Å². The van der Waals surface area contributed by atoms with Gasteiger partial charge in [0.15, 0.2) is 0 Å². The van der Waals surface area contributed by atoms with Crippen LogP contribution in [-0.4, -0.2) is 4.40 Å². The van der Waals surface area contributed by atoms with Crippen LogP contribution in [0.15, 0.2) is 241 Å². The largest absolute Gasteiger partial charge is 0.458 e. The maximum atomic E-state index is 6.21. The van der Waals surface area contributed by atoms with Crippen molar-refractivity contribution in [2.75, 3.05) is 0 Å². The van der Waals surface area contributed by atoms with Crippen molar-refractivity contribution in [1.29, 1.82) is 0 Å². The van der Waals surface area contributed by atoms with E-state index in [1.807, 2.05) is 65.8 Å². The number of allylic oxidation sites excluding steroid dienone is 5. The summed E-state index contributed by atoms with van der Waals surface area (Å²) < 4.78 is 14.1. The van der Waals surface area contributed by atoms with E-state index in [0.29, 0.717) is 5.76 Å². The van der Waals surface area contributed by atoms with Crippen LogP contribution in [-0.2, 0) is 4.74 Å². The first-order valence-corrected chi connectivity index (χ1v) is 25.2. The van der Waals surface area contributed by atoms with E-state index in [4.69, 9.17) is 9.15 Å². The Morgan fingerprint density at radius 3 is 1.46 bits per heavy atom. The second-order valence-corrected chi connectivity index (χ2v) is 17.9. The maximum Gasteiger partial charge on any atom is 0.135 e. The molecule has 3 aromatic heterocycles. The number of ether oxygens (including phenoxy) is 1. The molecule has 0 aliphatic heterocycles. The Labute approximate surface area is 425 Å². The van der Waals surface area contributed by atoms with E-state index in [1.54, 1.807) is 12.2 Å². The van der Waals surface area contributed by atoms with Gasteiger partial charge in [-0.1, -0.05) is 169 Å². The van der Waals surface area contributed by atoms with Crippen LogP contribution in [0.3, 0.4) is 0 Å². The van der Waals surface area contributed by atoms with E-state index in [2.05, 4.69) is 202 Å². The van der Waals surface area contributed by atoms with E-state index in [-0.39, 0.29) is 0 Å². The molecule has 0 N–H and O–H groups in total. The van der Waals surface area contributed by atoms with Crippen molar-refractivity contribution in [2.24, 2.45) is 0 Å². The number of rotatable bonds is 7. The van der Waals surface area contributed by atoms with E-state index in [0.717, 1.165) is 33.3 Å². The summed E-state index contributed by atoms with van der Waals surface area (Å²) in [7, 11) is 0. The van der Waals surface area contributed by atoms with Crippen molar-refractivity contribution in [3.05, 3.63) is 237 Å². The van der Waals surface area contributed by atoms with Crippen LogP contribution in [0.5, 0.6) is 0 Å². The number of nitrogens with zero attached hydrogens (tertiary/aromatic N) is 1. The minimum atomic E-state index is 0.573. The second kappa shape index (κ2) is 22.6. The molecule has 0 unspecified atom stereocenters. The number of furan rings is 1. The molecule has 0 saturated carbocycles. The van der Waals surface area contributed by atoms with Gasteiger partial charge in [0.25, 0.3) is 0 Å². The summed E-state index contributed by atoms with van der Waals surface area (Å²) in [6.45, 7) is 26.7. The second-order valence-electron chi connectivity index (χ2n) is 17.9. The average Bonchev–Trinajstić information content (AvgIpc) is 4.06. The van der Waals surface area contributed by atoms with E-state index in [1.165, 1.54) is 99.4 Å². The Balaban J connectivity index is 0.000000299. The molecular formula is C69H65NO2. The molecule has 3 heteroatoms. The van der Waals surface area contributed by atoms with Gasteiger partial charge in [0.1, 0.15) is 22.7 Å². The minimum absolute atomic E-state index is 0.573. The van der Waals surface area contributed by atoms with Gasteiger partial charge in [-0.2, -0.15) is 0 Å². The zero-order chi connectivity index (χ0) is 50.9. The molecule has 0 atom stereocenters. The van der Waals surface area contributed by atoms with Crippen molar-refractivity contribution in [2.45, 2.75) is 61.8 Å². The Morgan fingerprint density at radius 2 is 0.958 bits per heavy atom. The fourth-order valence-electron chi connectivity index (χ4n) is 9.36. The zero-order valence-corrected chi connectivity index (χ0v) is 43.1. The third-order valence-corrected chi connectivity index (χ3v) is 12.5. The zero-order valence-electron chi connectivity index (χ0n) is 43.1. The van der Waals surface area contributed by atoms with Crippen LogP contribution >= 0.6 is 0 Å². The molecule has 12 aromatic rings. The lowest BCUT2D eigenvalue weighted by Gasteiger charge is -2.08. The fourth-order valence-corrected chi connectivity index (χ4v) is 9.36. The monoisotopic (exact) mass is 940 g/mol. The highest BCUT2D eigenvalue weighted by Gasteiger charge is 2.21. The molecule has 3 nitrogen and oxygen atoms in total. The Bertz CT molecular complexity index is 3760. The standard InChI is InChI=1S/C50H29NO.C11H16O.C3H8.C3H6.C2H6/c1-3-9-30(10-4-1)32-15-17-34-23-41-44-26-39(36-19-20-49-43(25-36)40-13-7-8-14-48(40)52-49)27-45-42-24-35-18-16-33(31-11-5-2-6-12-31)22-38(35)29-47(42)51(50(44)45)46(41)28-37(34)21-32;1-6-8-11(9(3)4)12-10(5)7-2;2*1-3-2;1-2/h1-29H;6-8H,2,5H2,1,3-4H3;3H2,1-2H3;3H,1H2,2H3;1-2H3/b;8-6-;;;.